The summed E-state index contributed by atoms with van der Waals surface area (Å²) in [7, 11) is -0.480. The van der Waals surface area contributed by atoms with Gasteiger partial charge >= 0.3 is 0 Å². The molecule has 0 aliphatic heterocycles. The van der Waals surface area contributed by atoms with E-state index in [2.05, 4.69) is 66.7 Å². The molecule has 0 aromatic heterocycles. The lowest BCUT2D eigenvalue weighted by Gasteiger charge is -2.36. The summed E-state index contributed by atoms with van der Waals surface area (Å²) in [4.78, 5) is 0. The highest BCUT2D eigenvalue weighted by atomic mass is 31.2. The van der Waals surface area contributed by atoms with Crippen LogP contribution in [0, 0.1) is 17.8 Å². The van der Waals surface area contributed by atoms with Crippen molar-refractivity contribution < 1.29 is 4.52 Å². The molecule has 0 aromatic carbocycles. The van der Waals surface area contributed by atoms with E-state index in [9.17, 15) is 0 Å². The summed E-state index contributed by atoms with van der Waals surface area (Å²) in [6.45, 7) is 21.7. The van der Waals surface area contributed by atoms with Crippen LogP contribution in [0.25, 0.3) is 0 Å². The molecule has 0 aliphatic carbocycles. The Balaban J connectivity index is 4.52. The normalized spacial score (nSPS) is 16.4. The van der Waals surface area contributed by atoms with E-state index >= 15 is 0 Å². The van der Waals surface area contributed by atoms with Gasteiger partial charge in [0.25, 0.3) is 0 Å². The lowest BCUT2D eigenvalue weighted by atomic mass is 9.83. The minimum Gasteiger partial charge on any atom is -0.344 e. The predicted octanol–water partition coefficient (Wildman–Crippen LogP) is 7.33. The van der Waals surface area contributed by atoms with Crippen LogP contribution in [0.4, 0.5) is 0 Å². The second kappa shape index (κ2) is 13.5. The molecule has 3 heteroatoms. The molecule has 0 spiro atoms. The standard InChI is InChI=1S/C21H46NOP/c1-10-19(11-2)14-20(12-3)15-21(13-4)16-23-24(9)22(17(5)6)18(7)8/h17-21H,10-16H2,1-9H3. The van der Waals surface area contributed by atoms with Gasteiger partial charge in [0.2, 0.25) is 0 Å². The highest BCUT2D eigenvalue weighted by Gasteiger charge is 2.23. The van der Waals surface area contributed by atoms with Crippen molar-refractivity contribution in [3.63, 3.8) is 0 Å². The van der Waals surface area contributed by atoms with Crippen LogP contribution in [0.2, 0.25) is 0 Å². The molecule has 3 atom stereocenters. The van der Waals surface area contributed by atoms with Crippen molar-refractivity contribution in [1.29, 1.82) is 0 Å². The van der Waals surface area contributed by atoms with Crippen LogP contribution in [0.3, 0.4) is 0 Å². The molecule has 0 aromatic rings. The molecule has 0 N–H and O–H groups in total. The topological polar surface area (TPSA) is 12.5 Å². The molecule has 24 heavy (non-hydrogen) atoms. The Morgan fingerprint density at radius 3 is 1.50 bits per heavy atom. The van der Waals surface area contributed by atoms with Crippen molar-refractivity contribution in [2.24, 2.45) is 17.8 Å². The Bertz CT molecular complexity index is 284. The first kappa shape index (κ1) is 24.4. The second-order valence-electron chi connectivity index (χ2n) is 8.03. The molecule has 0 aliphatic rings. The van der Waals surface area contributed by atoms with Crippen molar-refractivity contribution in [3.05, 3.63) is 0 Å². The third kappa shape index (κ3) is 9.16. The molecule has 146 valence electrons. The van der Waals surface area contributed by atoms with Gasteiger partial charge in [0.15, 0.2) is 0 Å². The average Bonchev–Trinajstić information content (AvgIpc) is 2.53. The fourth-order valence-corrected chi connectivity index (χ4v) is 5.73. The van der Waals surface area contributed by atoms with E-state index in [1.165, 1.54) is 38.5 Å². The van der Waals surface area contributed by atoms with Crippen LogP contribution >= 0.6 is 8.30 Å². The van der Waals surface area contributed by atoms with Crippen LogP contribution in [-0.4, -0.2) is 30.0 Å². The zero-order valence-electron chi connectivity index (χ0n) is 18.1. The average molecular weight is 360 g/mol. The maximum absolute atomic E-state index is 6.37. The Kier molecular flexibility index (Phi) is 13.7. The van der Waals surface area contributed by atoms with Gasteiger partial charge < -0.3 is 4.52 Å². The van der Waals surface area contributed by atoms with Crippen LogP contribution in [-0.2, 0) is 4.52 Å². The lowest BCUT2D eigenvalue weighted by Crippen LogP contribution is -2.33. The van der Waals surface area contributed by atoms with E-state index in [0.29, 0.717) is 12.1 Å². The molecular weight excluding hydrogens is 313 g/mol. The summed E-state index contributed by atoms with van der Waals surface area (Å²) in [6, 6.07) is 1.11. The molecule has 0 rings (SSSR count). The van der Waals surface area contributed by atoms with E-state index in [4.69, 9.17) is 4.52 Å². The predicted molar refractivity (Wildman–Crippen MR) is 112 cm³/mol. The molecule has 0 heterocycles. The largest absolute Gasteiger partial charge is 0.344 e. The number of hydrogen-bond acceptors (Lipinski definition) is 2. The third-order valence-corrected chi connectivity index (χ3v) is 7.62. The van der Waals surface area contributed by atoms with Gasteiger partial charge in [0.1, 0.15) is 8.30 Å². The van der Waals surface area contributed by atoms with Crippen LogP contribution in [0.5, 0.6) is 0 Å². The molecule has 0 fully saturated rings. The van der Waals surface area contributed by atoms with Crippen molar-refractivity contribution >= 4 is 8.30 Å². The van der Waals surface area contributed by atoms with Crippen molar-refractivity contribution in [2.75, 3.05) is 13.3 Å². The maximum Gasteiger partial charge on any atom is 0.101 e. The monoisotopic (exact) mass is 359 g/mol. The van der Waals surface area contributed by atoms with Gasteiger partial charge in [-0.1, -0.05) is 53.4 Å². The van der Waals surface area contributed by atoms with E-state index in [-0.39, 0.29) is 0 Å². The van der Waals surface area contributed by atoms with E-state index in [1.807, 2.05) is 0 Å². The van der Waals surface area contributed by atoms with Gasteiger partial charge in [0.05, 0.1) is 6.61 Å². The Morgan fingerprint density at radius 1 is 0.708 bits per heavy atom. The zero-order chi connectivity index (χ0) is 18.7. The number of nitrogens with zero attached hydrogens (tertiary/aromatic N) is 1. The van der Waals surface area contributed by atoms with Crippen molar-refractivity contribution in [1.82, 2.24) is 4.67 Å². The fraction of sp³-hybridized carbons (Fsp3) is 1.00. The van der Waals surface area contributed by atoms with E-state index in [1.54, 1.807) is 0 Å². The van der Waals surface area contributed by atoms with Gasteiger partial charge in [-0.3, -0.25) is 4.67 Å². The first-order valence-corrected chi connectivity index (χ1v) is 12.1. The summed E-state index contributed by atoms with van der Waals surface area (Å²) >= 11 is 0. The minimum atomic E-state index is -0.480. The highest BCUT2D eigenvalue weighted by molar-refractivity contribution is 7.49. The molecule has 2 nitrogen and oxygen atoms in total. The summed E-state index contributed by atoms with van der Waals surface area (Å²) in [5.74, 6) is 2.50. The molecule has 3 unspecified atom stereocenters. The highest BCUT2D eigenvalue weighted by Crippen LogP contribution is 2.42. The van der Waals surface area contributed by atoms with E-state index in [0.717, 1.165) is 24.4 Å². The molecule has 0 amide bonds. The first-order valence-electron chi connectivity index (χ1n) is 10.4. The smallest absolute Gasteiger partial charge is 0.101 e. The number of hydrogen-bond donors (Lipinski definition) is 0. The van der Waals surface area contributed by atoms with Gasteiger partial charge in [-0.2, -0.15) is 0 Å². The van der Waals surface area contributed by atoms with Gasteiger partial charge in [0, 0.05) is 12.1 Å². The summed E-state index contributed by atoms with van der Waals surface area (Å²) in [5, 5.41) is 0. The quantitative estimate of drug-likeness (QED) is 0.301. The van der Waals surface area contributed by atoms with Crippen LogP contribution < -0.4 is 0 Å². The summed E-state index contributed by atoms with van der Waals surface area (Å²) in [5.41, 5.74) is 0. The molecule has 0 radical (unpaired) electrons. The van der Waals surface area contributed by atoms with Crippen molar-refractivity contribution in [2.45, 2.75) is 106 Å². The molecule has 0 saturated carbocycles. The van der Waals surface area contributed by atoms with Gasteiger partial charge in [-0.25, -0.2) is 0 Å². The molecule has 0 bridgehead atoms. The third-order valence-electron chi connectivity index (χ3n) is 5.52. The zero-order valence-corrected chi connectivity index (χ0v) is 19.0. The van der Waals surface area contributed by atoms with Gasteiger partial charge in [-0.05, 0) is 65.0 Å². The first-order chi connectivity index (χ1) is 11.3. The van der Waals surface area contributed by atoms with Gasteiger partial charge in [-0.15, -0.1) is 0 Å². The SMILES string of the molecule is CCC(CC)CC(CC)CC(CC)COP(C)N(C(C)C)C(C)C. The van der Waals surface area contributed by atoms with E-state index < -0.39 is 8.30 Å². The Morgan fingerprint density at radius 2 is 1.12 bits per heavy atom. The molecular formula is C21H46NOP. The van der Waals surface area contributed by atoms with Crippen LogP contribution in [0.15, 0.2) is 0 Å². The summed E-state index contributed by atoms with van der Waals surface area (Å²) < 4.78 is 8.90. The molecule has 0 saturated heterocycles. The lowest BCUT2D eigenvalue weighted by molar-refractivity contribution is 0.191. The Labute approximate surface area is 155 Å². The second-order valence-corrected chi connectivity index (χ2v) is 9.68. The maximum atomic E-state index is 6.37. The van der Waals surface area contributed by atoms with Crippen molar-refractivity contribution in [3.8, 4) is 0 Å². The van der Waals surface area contributed by atoms with Crippen LogP contribution in [0.1, 0.15) is 93.9 Å². The Hall–Kier alpha value is 0.350. The fourth-order valence-electron chi connectivity index (χ4n) is 3.87. The number of rotatable bonds is 14. The summed E-state index contributed by atoms with van der Waals surface area (Å²) in [6.07, 6.45) is 7.97. The minimum absolute atomic E-state index is 0.480.